The van der Waals surface area contributed by atoms with E-state index in [-0.39, 0.29) is 38.2 Å². The maximum atomic E-state index is 13.5. The first-order chi connectivity index (χ1) is 17.3. The van der Waals surface area contributed by atoms with Crippen molar-refractivity contribution in [1.82, 2.24) is 5.32 Å². The molecule has 0 heterocycles. The Balaban J connectivity index is 2.81. The Kier molecular flexibility index (Phi) is 13.3. The summed E-state index contributed by atoms with van der Waals surface area (Å²) >= 11 is 0. The SMILES string of the molecule is COC(=O)[C@H](CCC(=O)OC(C)(C)C)CP(=O)(CC[C@H](NC(=O)OCc1ccccc1)C(=O)OC)OC. The van der Waals surface area contributed by atoms with E-state index < -0.39 is 48.9 Å². The van der Waals surface area contributed by atoms with E-state index in [1.807, 2.05) is 6.07 Å². The highest BCUT2D eigenvalue weighted by Crippen LogP contribution is 2.49. The van der Waals surface area contributed by atoms with Crippen LogP contribution in [-0.4, -0.2) is 69.3 Å². The summed E-state index contributed by atoms with van der Waals surface area (Å²) in [6, 6.07) is 7.82. The summed E-state index contributed by atoms with van der Waals surface area (Å²) < 4.78 is 38.7. The van der Waals surface area contributed by atoms with Gasteiger partial charge in [-0.25, -0.2) is 9.59 Å². The topological polar surface area (TPSA) is 144 Å². The molecule has 37 heavy (non-hydrogen) atoms. The lowest BCUT2D eigenvalue weighted by atomic mass is 10.1. The van der Waals surface area contributed by atoms with Gasteiger partial charge in [-0.1, -0.05) is 30.3 Å². The van der Waals surface area contributed by atoms with Crippen molar-refractivity contribution in [3.63, 3.8) is 0 Å². The Morgan fingerprint density at radius 1 is 0.946 bits per heavy atom. The maximum absolute atomic E-state index is 13.5. The summed E-state index contributed by atoms with van der Waals surface area (Å²) in [4.78, 5) is 48.9. The van der Waals surface area contributed by atoms with E-state index in [2.05, 4.69) is 5.32 Å². The number of nitrogens with one attached hydrogen (secondary N) is 1. The molecule has 0 bridgehead atoms. The quantitative estimate of drug-likeness (QED) is 0.210. The standard InChI is InChI=1S/C25H38NO10P/c1-25(2,3)36-21(27)13-12-19(22(28)32-4)17-37(31,34-6)15-14-20(23(29)33-5)26-24(30)35-16-18-10-8-7-9-11-18/h7-11,19-20H,12-17H2,1-6H3,(H,26,30)/t19-,20+,37?/m1/s1. The highest BCUT2D eigenvalue weighted by molar-refractivity contribution is 7.59. The predicted molar refractivity (Wildman–Crippen MR) is 135 cm³/mol. The number of alkyl carbamates (subject to hydrolysis) is 1. The maximum Gasteiger partial charge on any atom is 0.408 e. The molecule has 0 aliphatic heterocycles. The molecule has 208 valence electrons. The molecule has 1 aromatic carbocycles. The minimum absolute atomic E-state index is 0.00438. The molecule has 12 heteroatoms. The molecule has 0 radical (unpaired) electrons. The lowest BCUT2D eigenvalue weighted by Crippen LogP contribution is -2.42. The van der Waals surface area contributed by atoms with E-state index in [1.54, 1.807) is 45.0 Å². The molecular formula is C25H38NO10P. The fourth-order valence-electron chi connectivity index (χ4n) is 3.35. The van der Waals surface area contributed by atoms with Crippen molar-refractivity contribution in [3.05, 3.63) is 35.9 Å². The smallest absolute Gasteiger partial charge is 0.408 e. The van der Waals surface area contributed by atoms with Gasteiger partial charge in [0.2, 0.25) is 7.37 Å². The minimum Gasteiger partial charge on any atom is -0.469 e. The number of carbonyl (C=O) groups is 4. The zero-order valence-corrected chi connectivity index (χ0v) is 23.2. The Labute approximate surface area is 218 Å². The van der Waals surface area contributed by atoms with Gasteiger partial charge in [-0.2, -0.15) is 0 Å². The molecule has 0 aromatic heterocycles. The molecule has 3 atom stereocenters. The van der Waals surface area contributed by atoms with E-state index in [4.69, 9.17) is 23.5 Å². The number of amides is 1. The van der Waals surface area contributed by atoms with Gasteiger partial charge in [-0.15, -0.1) is 0 Å². The molecule has 0 aliphatic rings. The summed E-state index contributed by atoms with van der Waals surface area (Å²) in [6.07, 6.45) is -1.36. The highest BCUT2D eigenvalue weighted by atomic mass is 31.2. The molecule has 0 spiro atoms. The van der Waals surface area contributed by atoms with Gasteiger partial charge in [0, 0.05) is 25.9 Å². The van der Waals surface area contributed by atoms with E-state index in [9.17, 15) is 23.7 Å². The van der Waals surface area contributed by atoms with Crippen molar-refractivity contribution >= 4 is 31.4 Å². The Bertz CT molecular complexity index is 945. The first-order valence-electron chi connectivity index (χ1n) is 11.8. The van der Waals surface area contributed by atoms with E-state index >= 15 is 0 Å². The van der Waals surface area contributed by atoms with E-state index in [1.165, 1.54) is 14.2 Å². The largest absolute Gasteiger partial charge is 0.469 e. The second kappa shape index (κ2) is 15.4. The molecule has 1 aromatic rings. The van der Waals surface area contributed by atoms with Crippen LogP contribution in [-0.2, 0) is 49.0 Å². The van der Waals surface area contributed by atoms with Crippen molar-refractivity contribution in [1.29, 1.82) is 0 Å². The Morgan fingerprint density at radius 2 is 1.57 bits per heavy atom. The Hall–Kier alpha value is -2.91. The van der Waals surface area contributed by atoms with Crippen LogP contribution in [0.15, 0.2) is 30.3 Å². The first kappa shape index (κ1) is 32.1. The van der Waals surface area contributed by atoms with Gasteiger partial charge in [0.15, 0.2) is 0 Å². The van der Waals surface area contributed by atoms with E-state index in [0.717, 1.165) is 12.7 Å². The third kappa shape index (κ3) is 12.7. The van der Waals surface area contributed by atoms with Crippen LogP contribution >= 0.6 is 7.37 Å². The fourth-order valence-corrected chi connectivity index (χ4v) is 5.52. The summed E-state index contributed by atoms with van der Waals surface area (Å²) in [5.74, 6) is -2.80. The van der Waals surface area contributed by atoms with Crippen LogP contribution in [0.4, 0.5) is 4.79 Å². The normalized spacial score (nSPS) is 14.4. The van der Waals surface area contributed by atoms with Crippen LogP contribution in [0.25, 0.3) is 0 Å². The molecule has 0 fully saturated rings. The van der Waals surface area contributed by atoms with E-state index in [0.29, 0.717) is 0 Å². The highest BCUT2D eigenvalue weighted by Gasteiger charge is 2.34. The lowest BCUT2D eigenvalue weighted by Gasteiger charge is -2.24. The minimum atomic E-state index is -3.49. The van der Waals surface area contributed by atoms with Gasteiger partial charge >= 0.3 is 24.0 Å². The van der Waals surface area contributed by atoms with Crippen molar-refractivity contribution in [2.45, 2.75) is 58.3 Å². The molecule has 1 amide bonds. The van der Waals surface area contributed by atoms with Crippen LogP contribution in [0.1, 0.15) is 45.6 Å². The molecule has 1 unspecified atom stereocenters. The molecule has 1 rings (SSSR count). The van der Waals surface area contributed by atoms with Crippen LogP contribution in [0.5, 0.6) is 0 Å². The fraction of sp³-hybridized carbons (Fsp3) is 0.600. The number of methoxy groups -OCH3 is 2. The van der Waals surface area contributed by atoms with Gasteiger partial charge in [0.25, 0.3) is 0 Å². The van der Waals surface area contributed by atoms with Crippen molar-refractivity contribution < 1.29 is 47.2 Å². The number of hydrogen-bond donors (Lipinski definition) is 1. The second-order valence-corrected chi connectivity index (χ2v) is 12.1. The van der Waals surface area contributed by atoms with Crippen LogP contribution < -0.4 is 5.32 Å². The predicted octanol–water partition coefficient (Wildman–Crippen LogP) is 3.68. The zero-order valence-electron chi connectivity index (χ0n) is 22.3. The number of ether oxygens (including phenoxy) is 4. The number of carbonyl (C=O) groups excluding carboxylic acids is 4. The van der Waals surface area contributed by atoms with Crippen LogP contribution in [0, 0.1) is 5.92 Å². The average molecular weight is 544 g/mol. The first-order valence-corrected chi connectivity index (χ1v) is 13.8. The van der Waals surface area contributed by atoms with Crippen LogP contribution in [0.3, 0.4) is 0 Å². The molecule has 0 aliphatic carbocycles. The average Bonchev–Trinajstić information content (AvgIpc) is 2.86. The van der Waals surface area contributed by atoms with Gasteiger partial charge in [0.05, 0.1) is 20.1 Å². The molecular weight excluding hydrogens is 505 g/mol. The number of hydrogen-bond acceptors (Lipinski definition) is 10. The van der Waals surface area contributed by atoms with Crippen molar-refractivity contribution in [3.8, 4) is 0 Å². The van der Waals surface area contributed by atoms with Gasteiger partial charge in [-0.05, 0) is 39.2 Å². The monoisotopic (exact) mass is 543 g/mol. The van der Waals surface area contributed by atoms with Gasteiger partial charge in [-0.3, -0.25) is 14.2 Å². The van der Waals surface area contributed by atoms with Gasteiger partial charge < -0.3 is 28.8 Å². The lowest BCUT2D eigenvalue weighted by molar-refractivity contribution is -0.155. The number of esters is 3. The summed E-state index contributed by atoms with van der Waals surface area (Å²) in [5, 5.41) is 2.42. The zero-order chi connectivity index (χ0) is 28.1. The molecule has 0 saturated carbocycles. The molecule has 11 nitrogen and oxygen atoms in total. The number of benzene rings is 1. The van der Waals surface area contributed by atoms with Crippen molar-refractivity contribution in [2.24, 2.45) is 5.92 Å². The van der Waals surface area contributed by atoms with Crippen LogP contribution in [0.2, 0.25) is 0 Å². The number of rotatable bonds is 14. The van der Waals surface area contributed by atoms with Crippen molar-refractivity contribution in [2.75, 3.05) is 33.7 Å². The third-order valence-electron chi connectivity index (χ3n) is 5.23. The second-order valence-electron chi connectivity index (χ2n) is 9.32. The summed E-state index contributed by atoms with van der Waals surface area (Å²) in [6.45, 7) is 5.18. The molecule has 1 N–H and O–H groups in total. The molecule has 0 saturated heterocycles. The van der Waals surface area contributed by atoms with Gasteiger partial charge in [0.1, 0.15) is 18.2 Å². The third-order valence-corrected chi connectivity index (χ3v) is 7.83. The summed E-state index contributed by atoms with van der Waals surface area (Å²) in [5.41, 5.74) is 0.0778. The Morgan fingerprint density at radius 3 is 2.11 bits per heavy atom. The summed E-state index contributed by atoms with van der Waals surface area (Å²) in [7, 11) is 0.0981.